The third-order valence-electron chi connectivity index (χ3n) is 11.3. The number of carbonyl (C=O) groups excluding carboxylic acids is 1. The Balaban J connectivity index is 1.22. The van der Waals surface area contributed by atoms with Crippen LogP contribution < -0.4 is 0 Å². The molecule has 0 aliphatic heterocycles. The highest BCUT2D eigenvalue weighted by Crippen LogP contribution is 2.68. The number of carbonyl (C=O) groups is 1. The maximum atomic E-state index is 13.7. The summed E-state index contributed by atoms with van der Waals surface area (Å²) in [4.78, 5) is 15.3. The molecular formula is C30H42ClN3O3. The molecule has 1 heterocycles. The van der Waals surface area contributed by atoms with Crippen LogP contribution in [0.1, 0.15) is 78.6 Å². The maximum Gasteiger partial charge on any atom is 0.159 e. The van der Waals surface area contributed by atoms with Crippen molar-refractivity contribution in [2.75, 3.05) is 13.2 Å². The molecule has 1 aromatic carbocycles. The van der Waals surface area contributed by atoms with Gasteiger partial charge in [-0.15, -0.1) is 0 Å². The van der Waals surface area contributed by atoms with Crippen LogP contribution in [0.4, 0.5) is 0 Å². The number of ketones is 1. The first-order valence-electron chi connectivity index (χ1n) is 14.5. The number of fused-ring (bicyclic) bond motifs is 6. The summed E-state index contributed by atoms with van der Waals surface area (Å²) in [7, 11) is 0. The van der Waals surface area contributed by atoms with Gasteiger partial charge in [0.05, 0.1) is 12.2 Å². The van der Waals surface area contributed by atoms with Crippen molar-refractivity contribution in [3.63, 3.8) is 0 Å². The summed E-state index contributed by atoms with van der Waals surface area (Å²) in [5, 5.41) is 20.6. The molecule has 6 rings (SSSR count). The SMILES string of the molecule is CCOCC12CCC(C)(O)CC1CCC1C3CCC(C(=O)Cn4nc5ccc(Cl)cc5n4)C3(C)CCC12. The lowest BCUT2D eigenvalue weighted by molar-refractivity contribution is -0.178. The zero-order valence-corrected chi connectivity index (χ0v) is 23.3. The van der Waals surface area contributed by atoms with Gasteiger partial charge in [0.1, 0.15) is 17.6 Å². The fraction of sp³-hybridized carbons (Fsp3) is 0.767. The van der Waals surface area contributed by atoms with Crippen LogP contribution in [0.5, 0.6) is 0 Å². The van der Waals surface area contributed by atoms with E-state index >= 15 is 0 Å². The molecule has 37 heavy (non-hydrogen) atoms. The number of halogens is 1. The van der Waals surface area contributed by atoms with E-state index in [-0.39, 0.29) is 29.1 Å². The van der Waals surface area contributed by atoms with Gasteiger partial charge in [0.25, 0.3) is 0 Å². The minimum atomic E-state index is -0.544. The summed E-state index contributed by atoms with van der Waals surface area (Å²) >= 11 is 6.12. The van der Waals surface area contributed by atoms with Crippen LogP contribution in [0.15, 0.2) is 18.2 Å². The first-order valence-corrected chi connectivity index (χ1v) is 14.9. The van der Waals surface area contributed by atoms with Crippen molar-refractivity contribution in [2.45, 2.75) is 90.7 Å². The molecule has 0 bridgehead atoms. The molecule has 8 atom stereocenters. The van der Waals surface area contributed by atoms with Gasteiger partial charge in [0.15, 0.2) is 5.78 Å². The second-order valence-corrected chi connectivity index (χ2v) is 13.7. The van der Waals surface area contributed by atoms with E-state index in [0.717, 1.165) is 62.8 Å². The van der Waals surface area contributed by atoms with Gasteiger partial charge in [-0.2, -0.15) is 15.0 Å². The first-order chi connectivity index (χ1) is 17.6. The van der Waals surface area contributed by atoms with Gasteiger partial charge in [-0.3, -0.25) is 4.79 Å². The quantitative estimate of drug-likeness (QED) is 0.492. The molecule has 0 spiro atoms. The van der Waals surface area contributed by atoms with Gasteiger partial charge in [-0.1, -0.05) is 18.5 Å². The summed E-state index contributed by atoms with van der Waals surface area (Å²) in [6, 6.07) is 5.48. The molecule has 4 aliphatic carbocycles. The number of hydrogen-bond donors (Lipinski definition) is 1. The molecule has 4 fully saturated rings. The number of aromatic nitrogens is 3. The maximum absolute atomic E-state index is 13.7. The number of rotatable bonds is 6. The molecule has 0 saturated heterocycles. The topological polar surface area (TPSA) is 77.2 Å². The second kappa shape index (κ2) is 9.31. The fourth-order valence-electron chi connectivity index (χ4n) is 9.59. The number of ether oxygens (including phenoxy) is 1. The first kappa shape index (κ1) is 25.8. The van der Waals surface area contributed by atoms with Crippen molar-refractivity contribution in [2.24, 2.45) is 40.4 Å². The Bertz CT molecular complexity index is 1180. The van der Waals surface area contributed by atoms with Crippen molar-refractivity contribution < 1.29 is 14.6 Å². The standard InChI is InChI=1S/C30H42ClN3O3/c1-4-37-18-30-14-13-28(2,36)16-19(30)5-7-21-22-8-9-24(29(22,3)12-11-23(21)30)27(35)17-34-32-25-10-6-20(31)15-26(25)33-34/h6,10,15,19,21-24,36H,4-5,7-9,11-14,16-18H2,1-3H3. The summed E-state index contributed by atoms with van der Waals surface area (Å²) in [5.74, 6) is 2.78. The highest BCUT2D eigenvalue weighted by atomic mass is 35.5. The molecule has 8 unspecified atom stereocenters. The van der Waals surface area contributed by atoms with Crippen LogP contribution in [0.25, 0.3) is 11.0 Å². The Kier molecular flexibility index (Phi) is 6.48. The second-order valence-electron chi connectivity index (χ2n) is 13.2. The molecule has 2 aromatic rings. The highest BCUT2D eigenvalue weighted by Gasteiger charge is 2.63. The summed E-state index contributed by atoms with van der Waals surface area (Å²) < 4.78 is 6.18. The predicted octanol–water partition coefficient (Wildman–Crippen LogP) is 6.08. The van der Waals surface area contributed by atoms with Gasteiger partial charge < -0.3 is 9.84 Å². The van der Waals surface area contributed by atoms with Crippen LogP contribution in [-0.2, 0) is 16.1 Å². The Morgan fingerprint density at radius 3 is 2.70 bits per heavy atom. The van der Waals surface area contributed by atoms with Crippen molar-refractivity contribution in [3.8, 4) is 0 Å². The van der Waals surface area contributed by atoms with Crippen molar-refractivity contribution in [1.82, 2.24) is 15.0 Å². The Morgan fingerprint density at radius 1 is 1.08 bits per heavy atom. The van der Waals surface area contributed by atoms with Gasteiger partial charge in [0, 0.05) is 17.5 Å². The monoisotopic (exact) mass is 527 g/mol. The van der Waals surface area contributed by atoms with Gasteiger partial charge in [0.2, 0.25) is 0 Å². The fourth-order valence-corrected chi connectivity index (χ4v) is 9.75. The molecule has 0 amide bonds. The highest BCUT2D eigenvalue weighted by molar-refractivity contribution is 6.31. The molecule has 0 radical (unpaired) electrons. The minimum Gasteiger partial charge on any atom is -0.390 e. The lowest BCUT2D eigenvalue weighted by atomic mass is 9.43. The van der Waals surface area contributed by atoms with Crippen molar-refractivity contribution in [3.05, 3.63) is 23.2 Å². The van der Waals surface area contributed by atoms with E-state index in [0.29, 0.717) is 28.7 Å². The molecule has 1 aromatic heterocycles. The van der Waals surface area contributed by atoms with Crippen LogP contribution in [0.2, 0.25) is 5.02 Å². The zero-order chi connectivity index (χ0) is 26.0. The van der Waals surface area contributed by atoms with Gasteiger partial charge >= 0.3 is 0 Å². The molecule has 4 saturated carbocycles. The van der Waals surface area contributed by atoms with E-state index in [1.165, 1.54) is 19.3 Å². The lowest BCUT2D eigenvalue weighted by Gasteiger charge is -2.62. The zero-order valence-electron chi connectivity index (χ0n) is 22.6. The molecule has 1 N–H and O–H groups in total. The smallest absolute Gasteiger partial charge is 0.159 e. The van der Waals surface area contributed by atoms with E-state index in [1.54, 1.807) is 10.9 Å². The number of nitrogens with zero attached hydrogens (tertiary/aromatic N) is 3. The number of hydrogen-bond acceptors (Lipinski definition) is 5. The van der Waals surface area contributed by atoms with Crippen molar-refractivity contribution in [1.29, 1.82) is 0 Å². The van der Waals surface area contributed by atoms with E-state index < -0.39 is 5.60 Å². The van der Waals surface area contributed by atoms with E-state index in [4.69, 9.17) is 16.3 Å². The molecule has 6 nitrogen and oxygen atoms in total. The van der Waals surface area contributed by atoms with Gasteiger partial charge in [-0.25, -0.2) is 0 Å². The van der Waals surface area contributed by atoms with Crippen LogP contribution in [-0.4, -0.2) is 44.7 Å². The Labute approximate surface area is 225 Å². The van der Waals surface area contributed by atoms with Crippen LogP contribution in [0, 0.1) is 40.4 Å². The minimum absolute atomic E-state index is 0.0495. The number of Topliss-reactive ketones (excluding diaryl/α,β-unsaturated/α-hetero) is 1. The third-order valence-corrected chi connectivity index (χ3v) is 11.5. The third kappa shape index (κ3) is 4.26. The van der Waals surface area contributed by atoms with Crippen molar-refractivity contribution >= 4 is 28.4 Å². The Hall–Kier alpha value is -1.50. The van der Waals surface area contributed by atoms with E-state index in [2.05, 4.69) is 24.0 Å². The summed E-state index contributed by atoms with van der Waals surface area (Å²) in [6.07, 6.45) is 9.67. The molecule has 202 valence electrons. The molecule has 7 heteroatoms. The largest absolute Gasteiger partial charge is 0.390 e. The normalized spacial score (nSPS) is 41.3. The van der Waals surface area contributed by atoms with E-state index in [1.807, 2.05) is 19.1 Å². The lowest BCUT2D eigenvalue weighted by Crippen LogP contribution is -2.58. The van der Waals surface area contributed by atoms with E-state index in [9.17, 15) is 9.90 Å². The summed E-state index contributed by atoms with van der Waals surface area (Å²) in [6.45, 7) is 8.35. The average Bonchev–Trinajstić information content (AvgIpc) is 3.41. The molecule has 4 aliphatic rings. The predicted molar refractivity (Wildman–Crippen MR) is 144 cm³/mol. The van der Waals surface area contributed by atoms with Crippen LogP contribution >= 0.6 is 11.6 Å². The van der Waals surface area contributed by atoms with Gasteiger partial charge in [-0.05, 0) is 124 Å². The number of aliphatic hydroxyl groups is 1. The summed E-state index contributed by atoms with van der Waals surface area (Å²) in [5.41, 5.74) is 1.20. The molecular weight excluding hydrogens is 486 g/mol. The average molecular weight is 528 g/mol. The Morgan fingerprint density at radius 2 is 1.89 bits per heavy atom. The number of benzene rings is 1. The van der Waals surface area contributed by atoms with Crippen LogP contribution in [0.3, 0.4) is 0 Å².